The van der Waals surface area contributed by atoms with Crippen LogP contribution in [0, 0.1) is 0 Å². The first-order valence-electron chi connectivity index (χ1n) is 4.96. The molecule has 0 saturated heterocycles. The van der Waals surface area contributed by atoms with Crippen molar-refractivity contribution < 1.29 is 28.2 Å². The fourth-order valence-corrected chi connectivity index (χ4v) is 1.12. The third kappa shape index (κ3) is 7.94. The monoisotopic (exact) mass is 258 g/mol. The molecular formula is C9H17F3N2O3. The van der Waals surface area contributed by atoms with Crippen molar-refractivity contribution >= 4 is 5.97 Å². The van der Waals surface area contributed by atoms with Crippen LogP contribution in [0.3, 0.4) is 0 Å². The summed E-state index contributed by atoms with van der Waals surface area (Å²) in [6, 6.07) is 0. The number of aliphatic hydroxyl groups excluding tert-OH is 1. The number of halogens is 3. The summed E-state index contributed by atoms with van der Waals surface area (Å²) in [5.41, 5.74) is 0. The number of carboxylic acids is 1. The van der Waals surface area contributed by atoms with Gasteiger partial charge in [-0.25, -0.2) is 0 Å². The van der Waals surface area contributed by atoms with E-state index in [0.717, 1.165) is 4.90 Å². The summed E-state index contributed by atoms with van der Waals surface area (Å²) in [4.78, 5) is 13.2. The van der Waals surface area contributed by atoms with Gasteiger partial charge in [0.1, 0.15) is 0 Å². The number of rotatable bonds is 7. The Morgan fingerprint density at radius 3 is 2.18 bits per heavy atom. The second kappa shape index (κ2) is 6.77. The molecule has 0 aliphatic carbocycles. The highest BCUT2D eigenvalue weighted by molar-refractivity contribution is 5.69. The van der Waals surface area contributed by atoms with E-state index in [2.05, 4.69) is 0 Å². The molecule has 0 amide bonds. The van der Waals surface area contributed by atoms with Crippen LogP contribution in [0.5, 0.6) is 0 Å². The number of carboxylic acid groups (broad SMARTS) is 1. The molecule has 102 valence electrons. The molecule has 0 fully saturated rings. The minimum Gasteiger partial charge on any atom is -0.480 e. The molecule has 0 aliphatic rings. The molecule has 0 aromatic rings. The largest absolute Gasteiger partial charge is 0.480 e. The van der Waals surface area contributed by atoms with Crippen LogP contribution in [0.4, 0.5) is 13.2 Å². The number of likely N-dealkylation sites (N-methyl/N-ethyl adjacent to an activating group) is 1. The standard InChI is InChI=1S/C9H17F3N2O3/c1-13(2)3-4-14(6-8(16)17)5-7(15)9(10,11)12/h7,15H,3-6H2,1-2H3,(H,16,17). The molecule has 17 heavy (non-hydrogen) atoms. The topological polar surface area (TPSA) is 64.0 Å². The van der Waals surface area contributed by atoms with Gasteiger partial charge in [0, 0.05) is 19.6 Å². The fourth-order valence-electron chi connectivity index (χ4n) is 1.12. The predicted molar refractivity (Wildman–Crippen MR) is 54.7 cm³/mol. The van der Waals surface area contributed by atoms with E-state index in [4.69, 9.17) is 10.2 Å². The highest BCUT2D eigenvalue weighted by atomic mass is 19.4. The lowest BCUT2D eigenvalue weighted by Crippen LogP contribution is -2.45. The minimum atomic E-state index is -4.73. The van der Waals surface area contributed by atoms with Crippen LogP contribution in [-0.2, 0) is 4.79 Å². The summed E-state index contributed by atoms with van der Waals surface area (Å²) in [6.07, 6.45) is -7.25. The van der Waals surface area contributed by atoms with E-state index in [1.54, 1.807) is 19.0 Å². The number of nitrogens with zero attached hydrogens (tertiary/aromatic N) is 2. The first kappa shape index (κ1) is 16.1. The van der Waals surface area contributed by atoms with Gasteiger partial charge in [0.05, 0.1) is 6.54 Å². The lowest BCUT2D eigenvalue weighted by atomic mass is 10.3. The Labute approximate surface area is 97.4 Å². The van der Waals surface area contributed by atoms with Crippen molar-refractivity contribution in [2.75, 3.05) is 40.3 Å². The lowest BCUT2D eigenvalue weighted by molar-refractivity contribution is -0.208. The molecule has 0 saturated carbocycles. The third-order valence-electron chi connectivity index (χ3n) is 2.03. The van der Waals surface area contributed by atoms with Gasteiger partial charge < -0.3 is 15.1 Å². The molecule has 0 bridgehead atoms. The van der Waals surface area contributed by atoms with Crippen molar-refractivity contribution in [2.24, 2.45) is 0 Å². The molecule has 0 aromatic carbocycles. The second-order valence-corrected chi connectivity index (χ2v) is 3.99. The van der Waals surface area contributed by atoms with Crippen LogP contribution in [0.2, 0.25) is 0 Å². The number of aliphatic carboxylic acids is 1. The number of aliphatic hydroxyl groups is 1. The van der Waals surface area contributed by atoms with Crippen molar-refractivity contribution in [1.29, 1.82) is 0 Å². The Hall–Kier alpha value is -0.860. The van der Waals surface area contributed by atoms with Gasteiger partial charge in [-0.1, -0.05) is 0 Å². The quantitative estimate of drug-likeness (QED) is 0.665. The first-order valence-corrected chi connectivity index (χ1v) is 4.96. The molecule has 1 unspecified atom stereocenters. The van der Waals surface area contributed by atoms with Crippen LogP contribution in [-0.4, -0.2) is 78.5 Å². The molecule has 0 rings (SSSR count). The van der Waals surface area contributed by atoms with Crippen molar-refractivity contribution in [1.82, 2.24) is 9.80 Å². The van der Waals surface area contributed by atoms with E-state index in [1.807, 2.05) is 0 Å². The van der Waals surface area contributed by atoms with Crippen LogP contribution in [0.15, 0.2) is 0 Å². The zero-order chi connectivity index (χ0) is 13.6. The smallest absolute Gasteiger partial charge is 0.415 e. The molecule has 1 atom stereocenters. The van der Waals surface area contributed by atoms with Crippen molar-refractivity contribution in [3.63, 3.8) is 0 Å². The summed E-state index contributed by atoms with van der Waals surface area (Å²) >= 11 is 0. The minimum absolute atomic E-state index is 0.145. The Bertz CT molecular complexity index is 246. The maximum absolute atomic E-state index is 12.1. The van der Waals surface area contributed by atoms with E-state index in [-0.39, 0.29) is 6.54 Å². The summed E-state index contributed by atoms with van der Waals surface area (Å²) in [5, 5.41) is 17.4. The number of hydrogen-bond donors (Lipinski definition) is 2. The number of carbonyl (C=O) groups is 1. The lowest BCUT2D eigenvalue weighted by Gasteiger charge is -2.25. The molecule has 0 spiro atoms. The van der Waals surface area contributed by atoms with E-state index in [9.17, 15) is 18.0 Å². The average molecular weight is 258 g/mol. The van der Waals surface area contributed by atoms with Gasteiger partial charge in [0.25, 0.3) is 0 Å². The van der Waals surface area contributed by atoms with Gasteiger partial charge in [-0.05, 0) is 14.1 Å². The summed E-state index contributed by atoms with van der Waals surface area (Å²) in [7, 11) is 3.44. The second-order valence-electron chi connectivity index (χ2n) is 3.99. The Morgan fingerprint density at radius 1 is 1.29 bits per heavy atom. The Morgan fingerprint density at radius 2 is 1.82 bits per heavy atom. The van der Waals surface area contributed by atoms with E-state index in [1.165, 1.54) is 0 Å². The molecule has 8 heteroatoms. The molecule has 2 N–H and O–H groups in total. The van der Waals surface area contributed by atoms with Crippen molar-refractivity contribution in [3.8, 4) is 0 Å². The number of hydrogen-bond acceptors (Lipinski definition) is 4. The summed E-state index contributed by atoms with van der Waals surface area (Å²) < 4.78 is 36.3. The molecular weight excluding hydrogens is 241 g/mol. The van der Waals surface area contributed by atoms with Crippen LogP contribution < -0.4 is 0 Å². The van der Waals surface area contributed by atoms with Gasteiger partial charge in [-0.15, -0.1) is 0 Å². The van der Waals surface area contributed by atoms with Crippen LogP contribution >= 0.6 is 0 Å². The van der Waals surface area contributed by atoms with Gasteiger partial charge in [-0.2, -0.15) is 13.2 Å². The molecule has 5 nitrogen and oxygen atoms in total. The third-order valence-corrected chi connectivity index (χ3v) is 2.03. The zero-order valence-corrected chi connectivity index (χ0v) is 9.74. The zero-order valence-electron chi connectivity index (χ0n) is 9.74. The van der Waals surface area contributed by atoms with Crippen molar-refractivity contribution in [3.05, 3.63) is 0 Å². The highest BCUT2D eigenvalue weighted by Gasteiger charge is 2.39. The summed E-state index contributed by atoms with van der Waals surface area (Å²) in [6.45, 7) is -0.699. The Balaban J connectivity index is 4.32. The average Bonchev–Trinajstić information content (AvgIpc) is 2.11. The van der Waals surface area contributed by atoms with Gasteiger partial charge in [0.2, 0.25) is 0 Å². The van der Waals surface area contributed by atoms with Gasteiger partial charge >= 0.3 is 12.1 Å². The molecule has 0 radical (unpaired) electrons. The Kier molecular flexibility index (Phi) is 6.43. The highest BCUT2D eigenvalue weighted by Crippen LogP contribution is 2.20. The molecule has 0 heterocycles. The maximum Gasteiger partial charge on any atom is 0.415 e. The van der Waals surface area contributed by atoms with Crippen molar-refractivity contribution in [2.45, 2.75) is 12.3 Å². The van der Waals surface area contributed by atoms with Crippen LogP contribution in [0.25, 0.3) is 0 Å². The first-order chi connectivity index (χ1) is 7.62. The maximum atomic E-state index is 12.1. The van der Waals surface area contributed by atoms with Crippen LogP contribution in [0.1, 0.15) is 0 Å². The van der Waals surface area contributed by atoms with Gasteiger partial charge in [-0.3, -0.25) is 9.69 Å². The van der Waals surface area contributed by atoms with E-state index < -0.39 is 31.3 Å². The SMILES string of the molecule is CN(C)CCN(CC(=O)O)CC(O)C(F)(F)F. The molecule has 0 aliphatic heterocycles. The normalized spacial score (nSPS) is 14.4. The molecule has 0 aromatic heterocycles. The summed E-state index contributed by atoms with van der Waals surface area (Å²) in [5.74, 6) is -1.22. The van der Waals surface area contributed by atoms with E-state index in [0.29, 0.717) is 6.54 Å². The predicted octanol–water partition coefficient (Wildman–Crippen LogP) is -0.142. The van der Waals surface area contributed by atoms with Gasteiger partial charge in [0.15, 0.2) is 6.10 Å². The fraction of sp³-hybridized carbons (Fsp3) is 0.889. The number of alkyl halides is 3. The van der Waals surface area contributed by atoms with E-state index >= 15 is 0 Å².